The number of hydrogen-bond acceptors (Lipinski definition) is 2. The molecule has 0 N–H and O–H groups in total. The van der Waals surface area contributed by atoms with Crippen LogP contribution in [0.5, 0.6) is 11.5 Å². The molecule has 0 spiro atoms. The van der Waals surface area contributed by atoms with Crippen molar-refractivity contribution in [3.05, 3.63) is 46.0 Å². The van der Waals surface area contributed by atoms with E-state index in [1.807, 2.05) is 0 Å². The first kappa shape index (κ1) is 15.7. The van der Waals surface area contributed by atoms with E-state index in [2.05, 4.69) is 52.8 Å². The summed E-state index contributed by atoms with van der Waals surface area (Å²) < 4.78 is 11.2. The van der Waals surface area contributed by atoms with Crippen molar-refractivity contribution < 1.29 is 9.47 Å². The van der Waals surface area contributed by atoms with E-state index in [9.17, 15) is 0 Å². The lowest BCUT2D eigenvalue weighted by Crippen LogP contribution is -1.97. The molecule has 0 saturated carbocycles. The molecule has 0 aliphatic heterocycles. The van der Waals surface area contributed by atoms with Crippen molar-refractivity contribution in [2.75, 3.05) is 14.2 Å². The zero-order valence-electron chi connectivity index (χ0n) is 15.0. The van der Waals surface area contributed by atoms with Gasteiger partial charge in [-0.1, -0.05) is 0 Å². The molecule has 2 nitrogen and oxygen atoms in total. The van der Waals surface area contributed by atoms with E-state index < -0.39 is 0 Å². The first-order valence-electron chi connectivity index (χ1n) is 7.96. The van der Waals surface area contributed by atoms with Crippen LogP contribution in [0, 0.1) is 34.6 Å². The molecule has 3 aromatic rings. The van der Waals surface area contributed by atoms with E-state index >= 15 is 0 Å². The zero-order valence-corrected chi connectivity index (χ0v) is 15.0. The number of methoxy groups -OCH3 is 2. The van der Waals surface area contributed by atoms with Gasteiger partial charge in [0, 0.05) is 0 Å². The molecule has 0 saturated heterocycles. The average molecular weight is 308 g/mol. The molecule has 0 aromatic heterocycles. The number of ether oxygens (including phenoxy) is 2. The van der Waals surface area contributed by atoms with Crippen molar-refractivity contribution in [2.24, 2.45) is 0 Å². The Morgan fingerprint density at radius 2 is 0.870 bits per heavy atom. The Hall–Kier alpha value is -2.22. The summed E-state index contributed by atoms with van der Waals surface area (Å²) in [6, 6.07) is 6.77. The van der Waals surface area contributed by atoms with Crippen LogP contribution >= 0.6 is 0 Å². The molecule has 0 atom stereocenters. The molecule has 0 aliphatic carbocycles. The lowest BCUT2D eigenvalue weighted by molar-refractivity contribution is 0.409. The summed E-state index contributed by atoms with van der Waals surface area (Å²) >= 11 is 0. The topological polar surface area (TPSA) is 18.5 Å². The molecule has 0 fully saturated rings. The monoisotopic (exact) mass is 308 g/mol. The Morgan fingerprint density at radius 1 is 0.522 bits per heavy atom. The van der Waals surface area contributed by atoms with Crippen LogP contribution in [-0.2, 0) is 0 Å². The predicted octanol–water partition coefficient (Wildman–Crippen LogP) is 5.55. The summed E-state index contributed by atoms with van der Waals surface area (Å²) in [5.74, 6) is 1.96. The molecule has 0 amide bonds. The van der Waals surface area contributed by atoms with Crippen molar-refractivity contribution in [1.29, 1.82) is 0 Å². The molecule has 0 radical (unpaired) electrons. The third-order valence-corrected chi connectivity index (χ3v) is 5.01. The lowest BCUT2D eigenvalue weighted by Gasteiger charge is -2.18. The molecular formula is C21H24O2. The summed E-state index contributed by atoms with van der Waals surface area (Å²) in [5, 5.41) is 5.12. The van der Waals surface area contributed by atoms with Crippen LogP contribution in [0.1, 0.15) is 27.8 Å². The van der Waals surface area contributed by atoms with Gasteiger partial charge in [0.2, 0.25) is 0 Å². The van der Waals surface area contributed by atoms with Gasteiger partial charge < -0.3 is 9.47 Å². The average Bonchev–Trinajstić information content (AvgIpc) is 2.51. The number of rotatable bonds is 2. The summed E-state index contributed by atoms with van der Waals surface area (Å²) in [6.45, 7) is 10.7. The van der Waals surface area contributed by atoms with Crippen LogP contribution in [0.3, 0.4) is 0 Å². The maximum absolute atomic E-state index is 5.61. The highest BCUT2D eigenvalue weighted by molar-refractivity contribution is 6.06. The van der Waals surface area contributed by atoms with Crippen molar-refractivity contribution in [1.82, 2.24) is 0 Å². The van der Waals surface area contributed by atoms with Crippen LogP contribution in [0.15, 0.2) is 18.2 Å². The fourth-order valence-electron chi connectivity index (χ4n) is 3.87. The summed E-state index contributed by atoms with van der Waals surface area (Å²) in [7, 11) is 3.49. The second-order valence-corrected chi connectivity index (χ2v) is 6.40. The molecule has 3 aromatic carbocycles. The van der Waals surface area contributed by atoms with Gasteiger partial charge >= 0.3 is 0 Å². The highest BCUT2D eigenvalue weighted by Gasteiger charge is 2.15. The Bertz CT molecular complexity index is 862. The van der Waals surface area contributed by atoms with Crippen molar-refractivity contribution in [2.45, 2.75) is 34.6 Å². The van der Waals surface area contributed by atoms with Crippen LogP contribution < -0.4 is 9.47 Å². The number of fused-ring (bicyclic) bond motifs is 2. The Kier molecular flexibility index (Phi) is 3.71. The fraction of sp³-hybridized carbons (Fsp3) is 0.333. The van der Waals surface area contributed by atoms with Gasteiger partial charge in [0.05, 0.1) is 14.2 Å². The molecule has 2 heteroatoms. The third-order valence-electron chi connectivity index (χ3n) is 5.01. The van der Waals surface area contributed by atoms with Gasteiger partial charge in [-0.2, -0.15) is 0 Å². The Balaban J connectivity index is 2.56. The maximum Gasteiger partial charge on any atom is 0.125 e. The number of benzene rings is 3. The Labute approximate surface area is 138 Å². The molecule has 0 bridgehead atoms. The molecule has 0 heterocycles. The molecule has 120 valence electrons. The first-order chi connectivity index (χ1) is 10.9. The summed E-state index contributed by atoms with van der Waals surface area (Å²) in [6.07, 6.45) is 0. The van der Waals surface area contributed by atoms with Gasteiger partial charge in [-0.05, 0) is 102 Å². The quantitative estimate of drug-likeness (QED) is 0.578. The van der Waals surface area contributed by atoms with E-state index in [1.165, 1.54) is 49.4 Å². The van der Waals surface area contributed by atoms with Gasteiger partial charge in [0.1, 0.15) is 11.5 Å². The van der Waals surface area contributed by atoms with Gasteiger partial charge in [-0.25, -0.2) is 0 Å². The fourth-order valence-corrected chi connectivity index (χ4v) is 3.87. The largest absolute Gasteiger partial charge is 0.496 e. The summed E-state index contributed by atoms with van der Waals surface area (Å²) in [5.41, 5.74) is 6.09. The molecule has 23 heavy (non-hydrogen) atoms. The number of aryl methyl sites for hydroxylation is 5. The first-order valence-corrected chi connectivity index (χ1v) is 7.96. The molecule has 0 aliphatic rings. The molecule has 3 rings (SSSR count). The molecule has 0 unspecified atom stereocenters. The van der Waals surface area contributed by atoms with Gasteiger partial charge in [-0.3, -0.25) is 0 Å². The predicted molar refractivity (Wildman–Crippen MR) is 98.2 cm³/mol. The van der Waals surface area contributed by atoms with E-state index in [4.69, 9.17) is 9.47 Å². The smallest absolute Gasteiger partial charge is 0.125 e. The Morgan fingerprint density at radius 3 is 1.22 bits per heavy atom. The minimum absolute atomic E-state index is 0.980. The van der Waals surface area contributed by atoms with E-state index in [0.29, 0.717) is 0 Å². The van der Waals surface area contributed by atoms with Crippen LogP contribution in [0.25, 0.3) is 21.5 Å². The van der Waals surface area contributed by atoms with Crippen LogP contribution in [-0.4, -0.2) is 14.2 Å². The van der Waals surface area contributed by atoms with Crippen molar-refractivity contribution >= 4 is 21.5 Å². The zero-order chi connectivity index (χ0) is 16.9. The molecular weight excluding hydrogens is 284 g/mol. The third kappa shape index (κ3) is 2.16. The van der Waals surface area contributed by atoms with Gasteiger partial charge in [-0.15, -0.1) is 0 Å². The van der Waals surface area contributed by atoms with Crippen molar-refractivity contribution in [3.8, 4) is 11.5 Å². The van der Waals surface area contributed by atoms with E-state index in [0.717, 1.165) is 11.5 Å². The van der Waals surface area contributed by atoms with E-state index in [1.54, 1.807) is 14.2 Å². The SMILES string of the molecule is COc1c(C)cc2c(C)c3cc(C)c(OC)c(C)c3cc2c1C. The highest BCUT2D eigenvalue weighted by atomic mass is 16.5. The van der Waals surface area contributed by atoms with E-state index in [-0.39, 0.29) is 0 Å². The van der Waals surface area contributed by atoms with Gasteiger partial charge in [0.15, 0.2) is 0 Å². The number of hydrogen-bond donors (Lipinski definition) is 0. The lowest BCUT2D eigenvalue weighted by atomic mass is 9.90. The normalized spacial score (nSPS) is 11.3. The second-order valence-electron chi connectivity index (χ2n) is 6.40. The van der Waals surface area contributed by atoms with Gasteiger partial charge in [0.25, 0.3) is 0 Å². The minimum atomic E-state index is 0.980. The highest BCUT2D eigenvalue weighted by Crippen LogP contribution is 2.39. The maximum atomic E-state index is 5.61. The second kappa shape index (κ2) is 5.45. The van der Waals surface area contributed by atoms with Crippen molar-refractivity contribution in [3.63, 3.8) is 0 Å². The van der Waals surface area contributed by atoms with Crippen LogP contribution in [0.4, 0.5) is 0 Å². The minimum Gasteiger partial charge on any atom is -0.496 e. The standard InChI is InChI=1S/C21H24O2/c1-11-8-16-13(3)17-9-12(2)21(23-7)15(5)19(17)10-18(16)14(4)20(11)22-6/h8-10H,1-7H3. The summed E-state index contributed by atoms with van der Waals surface area (Å²) in [4.78, 5) is 0. The van der Waals surface area contributed by atoms with Crippen LogP contribution in [0.2, 0.25) is 0 Å².